The molecule has 0 amide bonds. The molecule has 5 heteroatoms. The Labute approximate surface area is 192 Å². The standard InChI is InChI=1S/C27H33O4P/c1-19(2)22-13-7-10-16-25(22)29-32(28,30-26-17-11-8-14-23(26)20(3)4)31-27-18-12-9-15-24(27)21(5)6/h7-21H,1-6H3. The van der Waals surface area contributed by atoms with Crippen molar-refractivity contribution in [2.75, 3.05) is 0 Å². The van der Waals surface area contributed by atoms with Crippen molar-refractivity contribution in [3.05, 3.63) is 89.5 Å². The smallest absolute Gasteiger partial charge is 0.386 e. The van der Waals surface area contributed by atoms with Crippen LogP contribution in [0.4, 0.5) is 0 Å². The minimum atomic E-state index is -4.08. The number of hydrogen-bond donors (Lipinski definition) is 0. The normalized spacial score (nSPS) is 11.8. The molecule has 0 unspecified atom stereocenters. The van der Waals surface area contributed by atoms with E-state index in [1.807, 2.05) is 54.6 Å². The predicted octanol–water partition coefficient (Wildman–Crippen LogP) is 8.70. The van der Waals surface area contributed by atoms with E-state index >= 15 is 0 Å². The summed E-state index contributed by atoms with van der Waals surface area (Å²) in [6, 6.07) is 22.7. The molecule has 3 aromatic rings. The summed E-state index contributed by atoms with van der Waals surface area (Å²) >= 11 is 0. The highest BCUT2D eigenvalue weighted by Crippen LogP contribution is 2.53. The molecule has 170 valence electrons. The van der Waals surface area contributed by atoms with Crippen molar-refractivity contribution in [1.82, 2.24) is 0 Å². The molecule has 0 bridgehead atoms. The van der Waals surface area contributed by atoms with Crippen LogP contribution in [0.2, 0.25) is 0 Å². The average Bonchev–Trinajstić information content (AvgIpc) is 2.74. The third-order valence-electron chi connectivity index (χ3n) is 5.25. The van der Waals surface area contributed by atoms with E-state index in [9.17, 15) is 4.57 Å². The van der Waals surface area contributed by atoms with Crippen LogP contribution in [-0.2, 0) is 4.57 Å². The summed E-state index contributed by atoms with van der Waals surface area (Å²) in [7, 11) is -4.08. The van der Waals surface area contributed by atoms with Gasteiger partial charge < -0.3 is 13.6 Å². The average molecular weight is 453 g/mol. The first kappa shape index (κ1) is 23.9. The van der Waals surface area contributed by atoms with E-state index in [0.29, 0.717) is 17.2 Å². The molecule has 0 radical (unpaired) electrons. The molecule has 0 saturated heterocycles. The van der Waals surface area contributed by atoms with Crippen LogP contribution in [0, 0.1) is 0 Å². The molecule has 3 rings (SSSR count). The lowest BCUT2D eigenvalue weighted by molar-refractivity contribution is 0.294. The summed E-state index contributed by atoms with van der Waals surface area (Å²) in [5.74, 6) is 2.04. The van der Waals surface area contributed by atoms with Gasteiger partial charge in [0.05, 0.1) is 0 Å². The quantitative estimate of drug-likeness (QED) is 0.305. The van der Waals surface area contributed by atoms with Gasteiger partial charge in [-0.25, -0.2) is 0 Å². The first-order valence-electron chi connectivity index (χ1n) is 11.2. The summed E-state index contributed by atoms with van der Waals surface area (Å²) in [5, 5.41) is 0. The Bertz CT molecular complexity index is 952. The summed E-state index contributed by atoms with van der Waals surface area (Å²) in [5.41, 5.74) is 2.82. The summed E-state index contributed by atoms with van der Waals surface area (Å²) < 4.78 is 32.4. The summed E-state index contributed by atoms with van der Waals surface area (Å²) in [6.07, 6.45) is 0. The van der Waals surface area contributed by atoms with Crippen molar-refractivity contribution >= 4 is 7.82 Å². The van der Waals surface area contributed by atoms with Crippen LogP contribution in [0.25, 0.3) is 0 Å². The SMILES string of the molecule is CC(C)c1ccccc1OP(=O)(Oc1ccccc1C(C)C)Oc1ccccc1C(C)C. The molecule has 0 aliphatic heterocycles. The minimum Gasteiger partial charge on any atom is -0.386 e. The topological polar surface area (TPSA) is 44.8 Å². The van der Waals surface area contributed by atoms with Crippen LogP contribution in [0.1, 0.15) is 76.0 Å². The predicted molar refractivity (Wildman–Crippen MR) is 131 cm³/mol. The molecule has 0 heterocycles. The van der Waals surface area contributed by atoms with Gasteiger partial charge in [0.1, 0.15) is 17.2 Å². The van der Waals surface area contributed by atoms with Gasteiger partial charge in [-0.15, -0.1) is 0 Å². The Kier molecular flexibility index (Phi) is 7.69. The number of benzene rings is 3. The maximum Gasteiger partial charge on any atom is 0.647 e. The zero-order valence-corrected chi connectivity index (χ0v) is 20.6. The van der Waals surface area contributed by atoms with E-state index < -0.39 is 7.82 Å². The van der Waals surface area contributed by atoms with Gasteiger partial charge in [0, 0.05) is 0 Å². The number of phosphoric acid groups is 1. The van der Waals surface area contributed by atoms with Gasteiger partial charge in [0.25, 0.3) is 0 Å². The third-order valence-corrected chi connectivity index (χ3v) is 6.51. The van der Waals surface area contributed by atoms with E-state index in [4.69, 9.17) is 13.6 Å². The van der Waals surface area contributed by atoms with E-state index in [0.717, 1.165) is 16.7 Å². The van der Waals surface area contributed by atoms with Gasteiger partial charge in [0.2, 0.25) is 0 Å². The van der Waals surface area contributed by atoms with Crippen LogP contribution < -0.4 is 13.6 Å². The Morgan fingerprint density at radius 1 is 0.500 bits per heavy atom. The van der Waals surface area contributed by atoms with Crippen molar-refractivity contribution < 1.29 is 18.1 Å². The van der Waals surface area contributed by atoms with E-state index in [1.165, 1.54) is 0 Å². The fraction of sp³-hybridized carbons (Fsp3) is 0.333. The fourth-order valence-corrected chi connectivity index (χ4v) is 4.87. The lowest BCUT2D eigenvalue weighted by Gasteiger charge is -2.24. The molecule has 0 saturated carbocycles. The van der Waals surface area contributed by atoms with Crippen LogP contribution in [0.5, 0.6) is 17.2 Å². The lowest BCUT2D eigenvalue weighted by atomic mass is 10.0. The highest BCUT2D eigenvalue weighted by atomic mass is 31.2. The van der Waals surface area contributed by atoms with E-state index in [1.54, 1.807) is 18.2 Å². The molecule has 3 aromatic carbocycles. The highest BCUT2D eigenvalue weighted by molar-refractivity contribution is 7.49. The van der Waals surface area contributed by atoms with Crippen molar-refractivity contribution in [2.24, 2.45) is 0 Å². The second-order valence-electron chi connectivity index (χ2n) is 8.80. The number of rotatable bonds is 9. The molecule has 0 aromatic heterocycles. The molecule has 4 nitrogen and oxygen atoms in total. The Hall–Kier alpha value is -2.71. The molecule has 0 atom stereocenters. The molecular formula is C27H33O4P. The monoisotopic (exact) mass is 452 g/mol. The van der Waals surface area contributed by atoms with Gasteiger partial charge in [-0.2, -0.15) is 4.57 Å². The zero-order valence-electron chi connectivity index (χ0n) is 19.7. The van der Waals surface area contributed by atoms with Gasteiger partial charge in [-0.05, 0) is 52.6 Å². The van der Waals surface area contributed by atoms with Crippen LogP contribution in [0.3, 0.4) is 0 Å². The molecule has 0 N–H and O–H groups in total. The first-order valence-corrected chi connectivity index (χ1v) is 12.6. The van der Waals surface area contributed by atoms with Crippen LogP contribution >= 0.6 is 7.82 Å². The minimum absolute atomic E-state index is 0.186. The Balaban J connectivity index is 2.07. The first-order chi connectivity index (χ1) is 15.2. The molecule has 0 fully saturated rings. The second kappa shape index (κ2) is 10.3. The lowest BCUT2D eigenvalue weighted by Crippen LogP contribution is -2.11. The molecule has 0 aliphatic rings. The largest absolute Gasteiger partial charge is 0.647 e. The molecule has 32 heavy (non-hydrogen) atoms. The zero-order chi connectivity index (χ0) is 23.3. The van der Waals surface area contributed by atoms with Crippen molar-refractivity contribution in [3.8, 4) is 17.2 Å². The molecular weight excluding hydrogens is 419 g/mol. The van der Waals surface area contributed by atoms with Crippen molar-refractivity contribution in [3.63, 3.8) is 0 Å². The fourth-order valence-electron chi connectivity index (χ4n) is 3.54. The maximum absolute atomic E-state index is 14.2. The van der Waals surface area contributed by atoms with E-state index in [2.05, 4.69) is 41.5 Å². The molecule has 0 aliphatic carbocycles. The van der Waals surface area contributed by atoms with Gasteiger partial charge >= 0.3 is 7.82 Å². The van der Waals surface area contributed by atoms with Crippen molar-refractivity contribution in [1.29, 1.82) is 0 Å². The highest BCUT2D eigenvalue weighted by Gasteiger charge is 2.36. The van der Waals surface area contributed by atoms with Gasteiger partial charge in [-0.3, -0.25) is 0 Å². The van der Waals surface area contributed by atoms with Gasteiger partial charge in [0.15, 0.2) is 0 Å². The van der Waals surface area contributed by atoms with E-state index in [-0.39, 0.29) is 17.8 Å². The number of phosphoric ester groups is 1. The third kappa shape index (κ3) is 5.75. The van der Waals surface area contributed by atoms with Crippen LogP contribution in [0.15, 0.2) is 72.8 Å². The Morgan fingerprint density at radius 2 is 0.750 bits per heavy atom. The molecule has 0 spiro atoms. The Morgan fingerprint density at radius 3 is 1.00 bits per heavy atom. The summed E-state index contributed by atoms with van der Waals surface area (Å²) in [4.78, 5) is 0. The number of para-hydroxylation sites is 3. The van der Waals surface area contributed by atoms with Gasteiger partial charge in [-0.1, -0.05) is 96.1 Å². The maximum atomic E-state index is 14.2. The van der Waals surface area contributed by atoms with Crippen molar-refractivity contribution in [2.45, 2.75) is 59.3 Å². The summed E-state index contributed by atoms with van der Waals surface area (Å²) in [6.45, 7) is 12.4. The van der Waals surface area contributed by atoms with Crippen LogP contribution in [-0.4, -0.2) is 0 Å². The number of hydrogen-bond acceptors (Lipinski definition) is 4. The second-order valence-corrected chi connectivity index (χ2v) is 10.2.